The number of piperazine rings is 1. The molecule has 1 heterocycles. The topological polar surface area (TPSA) is 49.6 Å². The van der Waals surface area contributed by atoms with Crippen molar-refractivity contribution in [2.45, 2.75) is 6.54 Å². The number of nitrogens with two attached hydrogens (primary N) is 1. The van der Waals surface area contributed by atoms with Crippen molar-refractivity contribution >= 4 is 5.91 Å². The third kappa shape index (κ3) is 3.51. The van der Waals surface area contributed by atoms with Crippen LogP contribution in [0.2, 0.25) is 0 Å². The Morgan fingerprint density at radius 1 is 1.17 bits per heavy atom. The van der Waals surface area contributed by atoms with Crippen LogP contribution < -0.4 is 5.73 Å². The Labute approximate surface area is 106 Å². The van der Waals surface area contributed by atoms with E-state index in [-0.39, 0.29) is 11.7 Å². The van der Waals surface area contributed by atoms with Gasteiger partial charge in [0.05, 0.1) is 6.54 Å². The number of amides is 1. The van der Waals surface area contributed by atoms with Crippen molar-refractivity contribution < 1.29 is 9.18 Å². The quantitative estimate of drug-likeness (QED) is 0.844. The fraction of sp³-hybridized carbons (Fsp3) is 0.462. The zero-order chi connectivity index (χ0) is 13.0. The van der Waals surface area contributed by atoms with Gasteiger partial charge in [0.15, 0.2) is 0 Å². The summed E-state index contributed by atoms with van der Waals surface area (Å²) < 4.78 is 13.5. The van der Waals surface area contributed by atoms with Crippen molar-refractivity contribution in [3.8, 4) is 0 Å². The zero-order valence-corrected chi connectivity index (χ0v) is 10.3. The number of hydrogen-bond acceptors (Lipinski definition) is 3. The van der Waals surface area contributed by atoms with Gasteiger partial charge in [0.2, 0.25) is 5.91 Å². The van der Waals surface area contributed by atoms with Gasteiger partial charge in [-0.3, -0.25) is 14.6 Å². The summed E-state index contributed by atoms with van der Waals surface area (Å²) in [5.74, 6) is -0.449. The van der Waals surface area contributed by atoms with E-state index in [1.165, 1.54) is 6.07 Å². The Hall–Kier alpha value is -1.46. The predicted octanol–water partition coefficient (Wildman–Crippen LogP) is 0.429. The predicted molar refractivity (Wildman–Crippen MR) is 67.3 cm³/mol. The van der Waals surface area contributed by atoms with Crippen molar-refractivity contribution in [1.82, 2.24) is 9.80 Å². The lowest BCUT2D eigenvalue weighted by molar-refractivity contribution is -0.119. The SMILES string of the molecule is NC(=O)CN1CCN(Cc2ccccc2F)CC1. The van der Waals surface area contributed by atoms with Gasteiger partial charge in [-0.2, -0.15) is 0 Å². The molecule has 2 N–H and O–H groups in total. The molecule has 0 aliphatic carbocycles. The third-order valence-corrected chi connectivity index (χ3v) is 3.20. The molecule has 1 aliphatic rings. The Kier molecular flexibility index (Phi) is 4.28. The summed E-state index contributed by atoms with van der Waals surface area (Å²) in [7, 11) is 0. The minimum absolute atomic E-state index is 0.155. The molecule has 0 aromatic heterocycles. The molecule has 18 heavy (non-hydrogen) atoms. The summed E-state index contributed by atoms with van der Waals surface area (Å²) in [4.78, 5) is 15.0. The first-order chi connectivity index (χ1) is 8.65. The molecule has 2 rings (SSSR count). The van der Waals surface area contributed by atoms with Crippen LogP contribution in [0.4, 0.5) is 4.39 Å². The molecule has 0 atom stereocenters. The zero-order valence-electron chi connectivity index (χ0n) is 10.3. The second-order valence-electron chi connectivity index (χ2n) is 4.61. The molecule has 1 fully saturated rings. The van der Waals surface area contributed by atoms with Crippen LogP contribution in [-0.2, 0) is 11.3 Å². The van der Waals surface area contributed by atoms with Crippen molar-refractivity contribution in [2.75, 3.05) is 32.7 Å². The highest BCUT2D eigenvalue weighted by Crippen LogP contribution is 2.11. The van der Waals surface area contributed by atoms with Gasteiger partial charge in [-0.15, -0.1) is 0 Å². The third-order valence-electron chi connectivity index (χ3n) is 3.20. The fourth-order valence-corrected chi connectivity index (χ4v) is 2.19. The molecule has 0 saturated carbocycles. The van der Waals surface area contributed by atoms with Crippen molar-refractivity contribution in [1.29, 1.82) is 0 Å². The lowest BCUT2D eigenvalue weighted by Crippen LogP contribution is -2.48. The van der Waals surface area contributed by atoms with Gasteiger partial charge in [0.25, 0.3) is 0 Å². The second kappa shape index (κ2) is 5.93. The van der Waals surface area contributed by atoms with Gasteiger partial charge in [-0.25, -0.2) is 4.39 Å². The molecule has 1 saturated heterocycles. The normalized spacial score (nSPS) is 17.8. The molecule has 5 heteroatoms. The lowest BCUT2D eigenvalue weighted by atomic mass is 10.2. The van der Waals surface area contributed by atoms with E-state index >= 15 is 0 Å². The second-order valence-corrected chi connectivity index (χ2v) is 4.61. The monoisotopic (exact) mass is 251 g/mol. The lowest BCUT2D eigenvalue weighted by Gasteiger charge is -2.34. The van der Waals surface area contributed by atoms with Crippen LogP contribution in [0.15, 0.2) is 24.3 Å². The number of carbonyl (C=O) groups is 1. The van der Waals surface area contributed by atoms with E-state index in [2.05, 4.69) is 4.90 Å². The molecule has 0 radical (unpaired) electrons. The first kappa shape index (κ1) is 13.0. The van der Waals surface area contributed by atoms with Gasteiger partial charge in [-0.05, 0) is 6.07 Å². The molecule has 0 bridgehead atoms. The Morgan fingerprint density at radius 3 is 2.39 bits per heavy atom. The standard InChI is InChI=1S/C13H18FN3O/c14-12-4-2-1-3-11(12)9-16-5-7-17(8-6-16)10-13(15)18/h1-4H,5-10H2,(H2,15,18). The van der Waals surface area contributed by atoms with Crippen molar-refractivity contribution in [3.05, 3.63) is 35.6 Å². The van der Waals surface area contributed by atoms with E-state index in [9.17, 15) is 9.18 Å². The maximum absolute atomic E-state index is 13.5. The number of halogens is 1. The van der Waals surface area contributed by atoms with Crippen LogP contribution in [-0.4, -0.2) is 48.4 Å². The minimum atomic E-state index is -0.294. The molecule has 4 nitrogen and oxygen atoms in total. The van der Waals surface area contributed by atoms with Crippen LogP contribution in [0.25, 0.3) is 0 Å². The largest absolute Gasteiger partial charge is 0.369 e. The Balaban J connectivity index is 1.84. The summed E-state index contributed by atoms with van der Waals surface area (Å²) in [6.45, 7) is 4.21. The summed E-state index contributed by atoms with van der Waals surface area (Å²) in [5.41, 5.74) is 5.88. The summed E-state index contributed by atoms with van der Waals surface area (Å²) in [5, 5.41) is 0. The molecule has 98 valence electrons. The first-order valence-electron chi connectivity index (χ1n) is 6.11. The van der Waals surface area contributed by atoms with Gasteiger partial charge in [0.1, 0.15) is 5.82 Å². The molecule has 1 aromatic carbocycles. The highest BCUT2D eigenvalue weighted by Gasteiger charge is 2.18. The van der Waals surface area contributed by atoms with E-state index in [0.717, 1.165) is 31.7 Å². The summed E-state index contributed by atoms with van der Waals surface area (Å²) in [6.07, 6.45) is 0. The average Bonchev–Trinajstić information content (AvgIpc) is 2.34. The molecule has 1 aromatic rings. The van der Waals surface area contributed by atoms with Crippen LogP contribution in [0.3, 0.4) is 0 Å². The van der Waals surface area contributed by atoms with Crippen LogP contribution >= 0.6 is 0 Å². The molecule has 0 spiro atoms. The van der Waals surface area contributed by atoms with Gasteiger partial charge < -0.3 is 5.73 Å². The van der Waals surface area contributed by atoms with E-state index in [1.807, 2.05) is 17.0 Å². The van der Waals surface area contributed by atoms with Crippen molar-refractivity contribution in [2.24, 2.45) is 5.73 Å². The highest BCUT2D eigenvalue weighted by molar-refractivity contribution is 5.75. The van der Waals surface area contributed by atoms with Gasteiger partial charge >= 0.3 is 0 Å². The maximum Gasteiger partial charge on any atom is 0.231 e. The summed E-state index contributed by atoms with van der Waals surface area (Å²) in [6, 6.07) is 6.84. The fourth-order valence-electron chi connectivity index (χ4n) is 2.19. The number of hydrogen-bond donors (Lipinski definition) is 1. The smallest absolute Gasteiger partial charge is 0.231 e. The molecule has 0 unspecified atom stereocenters. The number of benzene rings is 1. The average molecular weight is 251 g/mol. The Morgan fingerprint density at radius 2 is 1.78 bits per heavy atom. The van der Waals surface area contributed by atoms with Gasteiger partial charge in [-0.1, -0.05) is 18.2 Å². The van der Waals surface area contributed by atoms with E-state index in [1.54, 1.807) is 6.07 Å². The van der Waals surface area contributed by atoms with Crippen LogP contribution in [0.1, 0.15) is 5.56 Å². The van der Waals surface area contributed by atoms with Crippen LogP contribution in [0, 0.1) is 5.82 Å². The Bertz CT molecular complexity index is 416. The van der Waals surface area contributed by atoms with E-state index < -0.39 is 0 Å². The van der Waals surface area contributed by atoms with Gasteiger partial charge in [0, 0.05) is 38.3 Å². The van der Waals surface area contributed by atoms with E-state index in [4.69, 9.17) is 5.73 Å². The van der Waals surface area contributed by atoms with E-state index in [0.29, 0.717) is 13.1 Å². The summed E-state index contributed by atoms with van der Waals surface area (Å²) >= 11 is 0. The highest BCUT2D eigenvalue weighted by atomic mass is 19.1. The molecular formula is C13H18FN3O. The molecule has 1 amide bonds. The number of rotatable bonds is 4. The number of primary amides is 1. The number of carbonyl (C=O) groups excluding carboxylic acids is 1. The first-order valence-corrected chi connectivity index (χ1v) is 6.11. The minimum Gasteiger partial charge on any atom is -0.369 e. The van der Waals surface area contributed by atoms with Crippen molar-refractivity contribution in [3.63, 3.8) is 0 Å². The number of nitrogens with zero attached hydrogens (tertiary/aromatic N) is 2. The van der Waals surface area contributed by atoms with Crippen LogP contribution in [0.5, 0.6) is 0 Å². The molecular weight excluding hydrogens is 233 g/mol. The maximum atomic E-state index is 13.5. The molecule has 1 aliphatic heterocycles.